The van der Waals surface area contributed by atoms with Gasteiger partial charge in [0.1, 0.15) is 0 Å². The van der Waals surface area contributed by atoms with E-state index in [1.807, 2.05) is 18.2 Å². The fraction of sp³-hybridized carbons (Fsp3) is 0.462. The predicted molar refractivity (Wildman–Crippen MR) is 67.9 cm³/mol. The Hall–Kier alpha value is -1.75. The van der Waals surface area contributed by atoms with Gasteiger partial charge in [-0.25, -0.2) is 0 Å². The van der Waals surface area contributed by atoms with Crippen LogP contribution in [0.1, 0.15) is 18.0 Å². The topological polar surface area (TPSA) is 59.6 Å². The molecule has 1 aromatic rings. The van der Waals surface area contributed by atoms with E-state index >= 15 is 0 Å². The van der Waals surface area contributed by atoms with Crippen molar-refractivity contribution in [2.24, 2.45) is 0 Å². The molecule has 1 aliphatic rings. The van der Waals surface area contributed by atoms with Crippen LogP contribution in [-0.4, -0.2) is 33.2 Å². The number of carbonyl (C=O) groups is 1. The first-order valence-electron chi connectivity index (χ1n) is 5.96. The molecule has 98 valence electrons. The zero-order valence-electron chi connectivity index (χ0n) is 10.7. The molecule has 0 aliphatic carbocycles. The molecule has 1 unspecified atom stereocenters. The molecule has 0 spiro atoms. The van der Waals surface area contributed by atoms with Crippen LogP contribution in [0.4, 0.5) is 0 Å². The molecule has 2 rings (SSSR count). The highest BCUT2D eigenvalue weighted by Crippen LogP contribution is 2.30. The van der Waals surface area contributed by atoms with Crippen molar-refractivity contribution in [1.82, 2.24) is 10.6 Å². The maximum Gasteiger partial charge on any atom is 0.221 e. The molecule has 1 amide bonds. The number of methoxy groups -OCH3 is 2. The van der Waals surface area contributed by atoms with E-state index in [9.17, 15) is 4.79 Å². The summed E-state index contributed by atoms with van der Waals surface area (Å²) in [7, 11) is 3.21. The summed E-state index contributed by atoms with van der Waals surface area (Å²) in [4.78, 5) is 11.5. The summed E-state index contributed by atoms with van der Waals surface area (Å²) in [5, 5.41) is 6.22. The summed E-state index contributed by atoms with van der Waals surface area (Å²) < 4.78 is 10.5. The highest BCUT2D eigenvalue weighted by Gasteiger charge is 2.19. The van der Waals surface area contributed by atoms with Crippen molar-refractivity contribution in [2.75, 3.05) is 27.3 Å². The van der Waals surface area contributed by atoms with Crippen molar-refractivity contribution < 1.29 is 14.3 Å². The van der Waals surface area contributed by atoms with Crippen LogP contribution >= 0.6 is 0 Å². The SMILES string of the molecule is COc1ccc(C2CNCCC(=O)N2)cc1OC. The lowest BCUT2D eigenvalue weighted by Crippen LogP contribution is -2.30. The van der Waals surface area contributed by atoms with Crippen LogP contribution in [0.5, 0.6) is 11.5 Å². The van der Waals surface area contributed by atoms with Crippen molar-refractivity contribution in [1.29, 1.82) is 0 Å². The molecule has 18 heavy (non-hydrogen) atoms. The van der Waals surface area contributed by atoms with Gasteiger partial charge in [0.25, 0.3) is 0 Å². The summed E-state index contributed by atoms with van der Waals surface area (Å²) in [5.41, 5.74) is 1.01. The van der Waals surface area contributed by atoms with Gasteiger partial charge in [-0.2, -0.15) is 0 Å². The van der Waals surface area contributed by atoms with Gasteiger partial charge in [-0.05, 0) is 17.7 Å². The summed E-state index contributed by atoms with van der Waals surface area (Å²) in [6.07, 6.45) is 0.518. The maximum absolute atomic E-state index is 11.5. The van der Waals surface area contributed by atoms with E-state index in [1.54, 1.807) is 14.2 Å². The Morgan fingerprint density at radius 2 is 2.00 bits per heavy atom. The first-order chi connectivity index (χ1) is 8.74. The van der Waals surface area contributed by atoms with Gasteiger partial charge in [0.2, 0.25) is 5.91 Å². The minimum absolute atomic E-state index is 0.0280. The van der Waals surface area contributed by atoms with Crippen molar-refractivity contribution in [3.63, 3.8) is 0 Å². The van der Waals surface area contributed by atoms with E-state index in [4.69, 9.17) is 9.47 Å². The molecule has 0 bridgehead atoms. The molecule has 1 saturated heterocycles. The van der Waals surface area contributed by atoms with Gasteiger partial charge in [0.15, 0.2) is 11.5 Å². The number of benzene rings is 1. The Balaban J connectivity index is 2.23. The molecule has 1 fully saturated rings. The monoisotopic (exact) mass is 250 g/mol. The molecule has 1 heterocycles. The average molecular weight is 250 g/mol. The Bertz CT molecular complexity index is 434. The molecule has 1 atom stereocenters. The number of hydrogen-bond donors (Lipinski definition) is 2. The summed E-state index contributed by atoms with van der Waals surface area (Å²) in [6.45, 7) is 1.44. The van der Waals surface area contributed by atoms with Crippen LogP contribution in [0, 0.1) is 0 Å². The molecule has 1 aliphatic heterocycles. The summed E-state index contributed by atoms with van der Waals surface area (Å²) >= 11 is 0. The third-order valence-electron chi connectivity index (χ3n) is 3.02. The lowest BCUT2D eigenvalue weighted by Gasteiger charge is -2.18. The van der Waals surface area contributed by atoms with E-state index in [0.717, 1.165) is 18.7 Å². The van der Waals surface area contributed by atoms with Crippen LogP contribution in [0.3, 0.4) is 0 Å². The summed E-state index contributed by atoms with van der Waals surface area (Å²) in [6, 6.07) is 5.67. The lowest BCUT2D eigenvalue weighted by atomic mass is 10.1. The van der Waals surface area contributed by atoms with Gasteiger partial charge in [-0.3, -0.25) is 4.79 Å². The van der Waals surface area contributed by atoms with Crippen molar-refractivity contribution in [2.45, 2.75) is 12.5 Å². The Morgan fingerprint density at radius 3 is 2.72 bits per heavy atom. The molecular formula is C13H18N2O3. The number of nitrogens with one attached hydrogen (secondary N) is 2. The van der Waals surface area contributed by atoms with Gasteiger partial charge >= 0.3 is 0 Å². The van der Waals surface area contributed by atoms with Crippen LogP contribution in [0.2, 0.25) is 0 Å². The van der Waals surface area contributed by atoms with Crippen LogP contribution in [0.15, 0.2) is 18.2 Å². The minimum atomic E-state index is -0.0280. The first kappa shape index (κ1) is 12.7. The van der Waals surface area contributed by atoms with Crippen molar-refractivity contribution in [3.05, 3.63) is 23.8 Å². The molecular weight excluding hydrogens is 232 g/mol. The number of amides is 1. The molecule has 5 nitrogen and oxygen atoms in total. The van der Waals surface area contributed by atoms with Gasteiger partial charge < -0.3 is 20.1 Å². The molecule has 0 aromatic heterocycles. The second-order valence-electron chi connectivity index (χ2n) is 4.19. The zero-order chi connectivity index (χ0) is 13.0. The van der Waals surface area contributed by atoms with Crippen molar-refractivity contribution >= 4 is 5.91 Å². The predicted octanol–water partition coefficient (Wildman–Crippen LogP) is 0.854. The van der Waals surface area contributed by atoms with Crippen molar-refractivity contribution in [3.8, 4) is 11.5 Å². The van der Waals surface area contributed by atoms with Crippen LogP contribution < -0.4 is 20.1 Å². The second-order valence-corrected chi connectivity index (χ2v) is 4.19. The molecule has 2 N–H and O–H groups in total. The normalized spacial score (nSPS) is 19.9. The maximum atomic E-state index is 11.5. The van der Waals surface area contributed by atoms with Crippen LogP contribution in [-0.2, 0) is 4.79 Å². The fourth-order valence-corrected chi connectivity index (χ4v) is 2.04. The highest BCUT2D eigenvalue weighted by molar-refractivity contribution is 5.77. The number of carbonyl (C=O) groups excluding carboxylic acids is 1. The summed E-state index contributed by atoms with van der Waals surface area (Å²) in [5.74, 6) is 1.43. The first-order valence-corrected chi connectivity index (χ1v) is 5.96. The standard InChI is InChI=1S/C13H18N2O3/c1-17-11-4-3-9(7-12(11)18-2)10-8-14-6-5-13(16)15-10/h3-4,7,10,14H,5-6,8H2,1-2H3,(H,15,16). The zero-order valence-corrected chi connectivity index (χ0v) is 10.7. The van der Waals surface area contributed by atoms with E-state index < -0.39 is 0 Å². The highest BCUT2D eigenvalue weighted by atomic mass is 16.5. The number of hydrogen-bond acceptors (Lipinski definition) is 4. The average Bonchev–Trinajstić information content (AvgIpc) is 2.62. The smallest absolute Gasteiger partial charge is 0.221 e. The number of rotatable bonds is 3. The van der Waals surface area contributed by atoms with Gasteiger partial charge in [-0.15, -0.1) is 0 Å². The molecule has 0 radical (unpaired) electrons. The molecule has 5 heteroatoms. The Morgan fingerprint density at radius 1 is 1.22 bits per heavy atom. The van der Waals surface area contributed by atoms with E-state index in [0.29, 0.717) is 17.9 Å². The van der Waals surface area contributed by atoms with Crippen LogP contribution in [0.25, 0.3) is 0 Å². The lowest BCUT2D eigenvalue weighted by molar-refractivity contribution is -0.121. The molecule has 1 aromatic carbocycles. The van der Waals surface area contributed by atoms with E-state index in [1.165, 1.54) is 0 Å². The minimum Gasteiger partial charge on any atom is -0.493 e. The fourth-order valence-electron chi connectivity index (χ4n) is 2.04. The largest absolute Gasteiger partial charge is 0.493 e. The quantitative estimate of drug-likeness (QED) is 0.835. The van der Waals surface area contributed by atoms with E-state index in [-0.39, 0.29) is 11.9 Å². The van der Waals surface area contributed by atoms with Gasteiger partial charge in [0, 0.05) is 19.5 Å². The Kier molecular flexibility index (Phi) is 4.04. The van der Waals surface area contributed by atoms with E-state index in [2.05, 4.69) is 10.6 Å². The Labute approximate surface area is 106 Å². The second kappa shape index (κ2) is 5.73. The van der Waals surface area contributed by atoms with Gasteiger partial charge in [-0.1, -0.05) is 6.07 Å². The third-order valence-corrected chi connectivity index (χ3v) is 3.02. The van der Waals surface area contributed by atoms with Gasteiger partial charge in [0.05, 0.1) is 20.3 Å². The molecule has 0 saturated carbocycles. The number of ether oxygens (including phenoxy) is 2. The third kappa shape index (κ3) is 2.73.